The molecule has 25 heavy (non-hydrogen) atoms. The Hall–Kier alpha value is -2.46. The van der Waals surface area contributed by atoms with Crippen LogP contribution in [0.1, 0.15) is 28.6 Å². The fraction of sp³-hybridized carbons (Fsp3) is 0.238. The van der Waals surface area contributed by atoms with Gasteiger partial charge in [-0.05, 0) is 43.5 Å². The minimum absolute atomic E-state index is 0.0363. The van der Waals surface area contributed by atoms with Gasteiger partial charge in [0, 0.05) is 16.6 Å². The normalized spacial score (nSPS) is 10.7. The average Bonchev–Trinajstić information content (AvgIpc) is 3.03. The molecule has 1 N–H and O–H groups in total. The summed E-state index contributed by atoms with van der Waals surface area (Å²) < 4.78 is 0. The third-order valence-electron chi connectivity index (χ3n) is 4.17. The van der Waals surface area contributed by atoms with Crippen LogP contribution < -0.4 is 5.32 Å². The molecule has 0 radical (unpaired) electrons. The van der Waals surface area contributed by atoms with E-state index in [1.165, 1.54) is 28.0 Å². The Labute approximate surface area is 152 Å². The molecule has 0 spiro atoms. The first-order valence-corrected chi connectivity index (χ1v) is 9.34. The second kappa shape index (κ2) is 7.62. The maximum Gasteiger partial charge on any atom is 0.231 e. The Bertz CT molecular complexity index is 881. The minimum atomic E-state index is -0.0363. The Morgan fingerprint density at radius 3 is 2.56 bits per heavy atom. The number of hydrogen-bond donors (Lipinski definition) is 1. The Balaban J connectivity index is 1.67. The molecule has 1 aromatic heterocycles. The van der Waals surface area contributed by atoms with Gasteiger partial charge in [0.05, 0.1) is 12.1 Å². The largest absolute Gasteiger partial charge is 0.326 e. The number of carbonyl (C=O) groups excluding carboxylic acids is 1. The van der Waals surface area contributed by atoms with Gasteiger partial charge in [-0.3, -0.25) is 4.79 Å². The number of nitrogens with zero attached hydrogens (tertiary/aromatic N) is 1. The summed E-state index contributed by atoms with van der Waals surface area (Å²) in [6, 6.07) is 14.3. The Kier molecular flexibility index (Phi) is 5.29. The number of anilines is 1. The van der Waals surface area contributed by atoms with E-state index >= 15 is 0 Å². The fourth-order valence-electron chi connectivity index (χ4n) is 2.78. The first-order valence-electron chi connectivity index (χ1n) is 8.46. The highest BCUT2D eigenvalue weighted by atomic mass is 32.1. The van der Waals surface area contributed by atoms with Crippen LogP contribution in [-0.4, -0.2) is 10.9 Å². The third-order valence-corrected chi connectivity index (χ3v) is 5.02. The molecule has 3 rings (SSSR count). The van der Waals surface area contributed by atoms with Gasteiger partial charge in [0.25, 0.3) is 0 Å². The molecular formula is C21H22N2OS. The van der Waals surface area contributed by atoms with Gasteiger partial charge in [0.2, 0.25) is 5.91 Å². The van der Waals surface area contributed by atoms with Crippen molar-refractivity contribution >= 4 is 22.9 Å². The zero-order valence-electron chi connectivity index (χ0n) is 14.8. The molecule has 0 unspecified atom stereocenters. The molecule has 0 atom stereocenters. The number of amides is 1. The van der Waals surface area contributed by atoms with Crippen molar-refractivity contribution in [2.45, 2.75) is 33.6 Å². The summed E-state index contributed by atoms with van der Waals surface area (Å²) >= 11 is 1.53. The number of hydrogen-bond acceptors (Lipinski definition) is 3. The molecule has 0 fully saturated rings. The van der Waals surface area contributed by atoms with E-state index in [-0.39, 0.29) is 5.91 Å². The molecule has 1 heterocycles. The van der Waals surface area contributed by atoms with Crippen LogP contribution in [0.4, 0.5) is 5.69 Å². The van der Waals surface area contributed by atoms with Gasteiger partial charge in [-0.2, -0.15) is 0 Å². The van der Waals surface area contributed by atoms with Crippen LogP contribution in [-0.2, 0) is 17.6 Å². The lowest BCUT2D eigenvalue weighted by Gasteiger charge is -2.05. The summed E-state index contributed by atoms with van der Waals surface area (Å²) in [6.07, 6.45) is 1.29. The van der Waals surface area contributed by atoms with Crippen molar-refractivity contribution in [3.05, 3.63) is 69.5 Å². The van der Waals surface area contributed by atoms with Gasteiger partial charge in [0.1, 0.15) is 5.01 Å². The Morgan fingerprint density at radius 2 is 1.88 bits per heavy atom. The van der Waals surface area contributed by atoms with E-state index in [1.54, 1.807) is 0 Å². The van der Waals surface area contributed by atoms with E-state index in [2.05, 4.69) is 49.3 Å². The summed E-state index contributed by atoms with van der Waals surface area (Å²) in [4.78, 5) is 16.9. The van der Waals surface area contributed by atoms with Crippen LogP contribution in [0.25, 0.3) is 11.3 Å². The van der Waals surface area contributed by atoms with E-state index in [0.717, 1.165) is 28.4 Å². The molecule has 0 aliphatic carbocycles. The molecule has 2 aromatic carbocycles. The number of rotatable bonds is 5. The van der Waals surface area contributed by atoms with Crippen LogP contribution in [0.15, 0.2) is 47.8 Å². The summed E-state index contributed by atoms with van der Waals surface area (Å²) in [5, 5.41) is 5.79. The zero-order valence-corrected chi connectivity index (χ0v) is 15.6. The first kappa shape index (κ1) is 17.4. The summed E-state index contributed by atoms with van der Waals surface area (Å²) in [5.74, 6) is -0.0363. The van der Waals surface area contributed by atoms with E-state index in [9.17, 15) is 4.79 Å². The zero-order chi connectivity index (χ0) is 17.8. The van der Waals surface area contributed by atoms with Gasteiger partial charge in [-0.25, -0.2) is 4.98 Å². The molecule has 0 saturated heterocycles. The standard InChI is InChI=1S/C21H22N2OS/c1-4-16-6-8-17(9-7-16)22-20(24)12-21-23-19(13-25-21)18-10-5-14(2)11-15(18)3/h5-11,13H,4,12H2,1-3H3,(H,22,24). The number of benzene rings is 2. The monoisotopic (exact) mass is 350 g/mol. The van der Waals surface area contributed by atoms with Gasteiger partial charge in [-0.15, -0.1) is 11.3 Å². The number of nitrogens with one attached hydrogen (secondary N) is 1. The quantitative estimate of drug-likeness (QED) is 0.690. The first-order chi connectivity index (χ1) is 12.0. The van der Waals surface area contributed by atoms with E-state index in [1.807, 2.05) is 29.6 Å². The van der Waals surface area contributed by atoms with Crippen molar-refractivity contribution in [2.24, 2.45) is 0 Å². The minimum Gasteiger partial charge on any atom is -0.326 e. The topological polar surface area (TPSA) is 42.0 Å². The average molecular weight is 350 g/mol. The molecule has 0 aliphatic rings. The molecule has 1 amide bonds. The van der Waals surface area contributed by atoms with Crippen molar-refractivity contribution in [1.82, 2.24) is 4.98 Å². The third kappa shape index (κ3) is 4.34. The molecule has 3 aromatic rings. The smallest absolute Gasteiger partial charge is 0.231 e. The molecular weight excluding hydrogens is 328 g/mol. The SMILES string of the molecule is CCc1ccc(NC(=O)Cc2nc(-c3ccc(C)cc3C)cs2)cc1. The Morgan fingerprint density at radius 1 is 1.12 bits per heavy atom. The lowest BCUT2D eigenvalue weighted by Crippen LogP contribution is -2.14. The van der Waals surface area contributed by atoms with Gasteiger partial charge >= 0.3 is 0 Å². The molecule has 0 saturated carbocycles. The number of aromatic nitrogens is 1. The maximum atomic E-state index is 12.2. The summed E-state index contributed by atoms with van der Waals surface area (Å²) in [5.41, 5.74) is 6.60. The highest BCUT2D eigenvalue weighted by Crippen LogP contribution is 2.26. The van der Waals surface area contributed by atoms with Gasteiger partial charge in [-0.1, -0.05) is 42.8 Å². The highest BCUT2D eigenvalue weighted by molar-refractivity contribution is 7.10. The molecule has 0 bridgehead atoms. The van der Waals surface area contributed by atoms with Crippen LogP contribution in [0, 0.1) is 13.8 Å². The number of aryl methyl sites for hydroxylation is 3. The van der Waals surface area contributed by atoms with Crippen molar-refractivity contribution in [3.8, 4) is 11.3 Å². The second-order valence-electron chi connectivity index (χ2n) is 6.22. The fourth-order valence-corrected chi connectivity index (χ4v) is 3.58. The van der Waals surface area contributed by atoms with Crippen LogP contribution in [0.3, 0.4) is 0 Å². The van der Waals surface area contributed by atoms with Gasteiger partial charge < -0.3 is 5.32 Å². The summed E-state index contributed by atoms with van der Waals surface area (Å²) in [6.45, 7) is 6.29. The van der Waals surface area contributed by atoms with E-state index < -0.39 is 0 Å². The van der Waals surface area contributed by atoms with Crippen molar-refractivity contribution in [3.63, 3.8) is 0 Å². The van der Waals surface area contributed by atoms with E-state index in [4.69, 9.17) is 0 Å². The van der Waals surface area contributed by atoms with Crippen LogP contribution >= 0.6 is 11.3 Å². The van der Waals surface area contributed by atoms with Crippen molar-refractivity contribution in [1.29, 1.82) is 0 Å². The number of thiazole rings is 1. The molecule has 128 valence electrons. The van der Waals surface area contributed by atoms with Crippen LogP contribution in [0.5, 0.6) is 0 Å². The van der Waals surface area contributed by atoms with Crippen LogP contribution in [0.2, 0.25) is 0 Å². The maximum absolute atomic E-state index is 12.2. The lowest BCUT2D eigenvalue weighted by atomic mass is 10.0. The van der Waals surface area contributed by atoms with Crippen molar-refractivity contribution in [2.75, 3.05) is 5.32 Å². The van der Waals surface area contributed by atoms with Crippen molar-refractivity contribution < 1.29 is 4.79 Å². The lowest BCUT2D eigenvalue weighted by molar-refractivity contribution is -0.115. The van der Waals surface area contributed by atoms with Gasteiger partial charge in [0.15, 0.2) is 0 Å². The second-order valence-corrected chi connectivity index (χ2v) is 7.16. The molecule has 3 nitrogen and oxygen atoms in total. The predicted molar refractivity (Wildman–Crippen MR) is 105 cm³/mol. The molecule has 0 aliphatic heterocycles. The highest BCUT2D eigenvalue weighted by Gasteiger charge is 2.11. The number of carbonyl (C=O) groups is 1. The summed E-state index contributed by atoms with van der Waals surface area (Å²) in [7, 11) is 0. The molecule has 4 heteroatoms. The van der Waals surface area contributed by atoms with E-state index in [0.29, 0.717) is 6.42 Å². The predicted octanol–water partition coefficient (Wildman–Crippen LogP) is 5.17.